The number of aromatic hydroxyl groups is 1. The molecule has 2 saturated carbocycles. The lowest BCUT2D eigenvalue weighted by molar-refractivity contribution is -0.191. The number of amides is 1. The predicted molar refractivity (Wildman–Crippen MR) is 142 cm³/mol. The van der Waals surface area contributed by atoms with Gasteiger partial charge in [0.2, 0.25) is 0 Å². The fourth-order valence-electron chi connectivity index (χ4n) is 7.43. The molecule has 0 unspecified atom stereocenters. The first-order chi connectivity index (χ1) is 16.4. The van der Waals surface area contributed by atoms with E-state index >= 15 is 0 Å². The number of hydrogen-bond acceptors (Lipinski definition) is 6. The van der Waals surface area contributed by atoms with Crippen LogP contribution in [0, 0.1) is 5.92 Å². The van der Waals surface area contributed by atoms with E-state index in [1.54, 1.807) is 24.5 Å². The Bertz CT molecular complexity index is 1210. The minimum absolute atomic E-state index is 0. The van der Waals surface area contributed by atoms with Crippen molar-refractivity contribution in [1.82, 2.24) is 15.2 Å². The molecule has 36 heavy (non-hydrogen) atoms. The molecule has 0 radical (unpaired) electrons. The van der Waals surface area contributed by atoms with Gasteiger partial charge in [0.1, 0.15) is 6.10 Å². The molecule has 3 fully saturated rings. The summed E-state index contributed by atoms with van der Waals surface area (Å²) < 4.78 is 7.15. The van der Waals surface area contributed by atoms with Crippen LogP contribution in [0.4, 0.5) is 0 Å². The van der Waals surface area contributed by atoms with E-state index < -0.39 is 17.1 Å². The second-order valence-electron chi connectivity index (χ2n) is 10.8. The van der Waals surface area contributed by atoms with Crippen molar-refractivity contribution in [3.05, 3.63) is 51.8 Å². The zero-order chi connectivity index (χ0) is 23.2. The highest BCUT2D eigenvalue weighted by molar-refractivity contribution is 9.10. The van der Waals surface area contributed by atoms with E-state index in [-0.39, 0.29) is 48.6 Å². The van der Waals surface area contributed by atoms with Crippen LogP contribution in [-0.4, -0.2) is 62.9 Å². The number of halogens is 3. The quantitative estimate of drug-likeness (QED) is 0.496. The smallest absolute Gasteiger partial charge is 0.252 e. The number of aliphatic hydroxyl groups is 1. The van der Waals surface area contributed by atoms with Gasteiger partial charge in [0.15, 0.2) is 11.5 Å². The Balaban J connectivity index is 0.00000133. The average molecular weight is 599 g/mol. The molecule has 5 aliphatic rings. The summed E-state index contributed by atoms with van der Waals surface area (Å²) in [5.74, 6) is 1.18. The van der Waals surface area contributed by atoms with E-state index in [4.69, 9.17) is 4.74 Å². The summed E-state index contributed by atoms with van der Waals surface area (Å²) in [5.41, 5.74) is 1.08. The summed E-state index contributed by atoms with van der Waals surface area (Å²) in [6.45, 7) is 1.94. The Kier molecular flexibility index (Phi) is 6.52. The van der Waals surface area contributed by atoms with Crippen LogP contribution in [-0.2, 0) is 11.8 Å². The maximum Gasteiger partial charge on any atom is 0.252 e. The molecule has 2 aromatic rings. The van der Waals surface area contributed by atoms with Gasteiger partial charge in [-0.3, -0.25) is 14.7 Å². The molecule has 1 aromatic carbocycles. The van der Waals surface area contributed by atoms with E-state index in [1.807, 2.05) is 6.07 Å². The van der Waals surface area contributed by atoms with E-state index in [0.29, 0.717) is 28.6 Å². The fraction of sp³-hybridized carbons (Fsp3) is 0.538. The Labute approximate surface area is 231 Å². The third kappa shape index (κ3) is 3.44. The standard InChI is InChI=1S/C26H28BrN3O4.2ClH/c27-17-12-28-9-6-16(17)24(32)29-18-5-7-26(33)20-11-15-3-4-19(31)22-21(15)25(26,23(18)34-22)8-10-30(20)13-14-1-2-14;;/h3-4,6,9,12,14,18,20,23,31,33H,1-2,5,7-8,10-11,13H2,(H,29,32);2*1H/t18-,20-,23+,25+,26-;;/m1../s1. The topological polar surface area (TPSA) is 94.9 Å². The van der Waals surface area contributed by atoms with Crippen molar-refractivity contribution in [2.24, 2.45) is 5.92 Å². The number of likely N-dealkylation sites (tertiary alicyclic amines) is 1. The molecule has 194 valence electrons. The summed E-state index contributed by atoms with van der Waals surface area (Å²) >= 11 is 3.43. The predicted octanol–water partition coefficient (Wildman–Crippen LogP) is 3.76. The van der Waals surface area contributed by atoms with Gasteiger partial charge >= 0.3 is 0 Å². The van der Waals surface area contributed by atoms with Crippen LogP contribution in [0.15, 0.2) is 35.1 Å². The number of ether oxygens (including phenoxy) is 1. The number of piperidine rings is 1. The first-order valence-corrected chi connectivity index (χ1v) is 13.1. The fourth-order valence-corrected chi connectivity index (χ4v) is 7.87. The normalized spacial score (nSPS) is 33.4. The Hall–Kier alpha value is -1.58. The number of carbonyl (C=O) groups excluding carboxylic acids is 1. The van der Waals surface area contributed by atoms with Crippen molar-refractivity contribution in [3.8, 4) is 11.5 Å². The SMILES string of the molecule is Cl.Cl.O=C(N[C@@H]1CC[C@@]2(O)[C@H]3Cc4ccc(O)c5c4[C@@]2(CCN3CC2CC2)[C@H]1O5)c1ccncc1Br. The number of nitrogens with one attached hydrogen (secondary N) is 1. The van der Waals surface area contributed by atoms with Gasteiger partial charge in [-0.15, -0.1) is 24.8 Å². The summed E-state index contributed by atoms with van der Waals surface area (Å²) in [7, 11) is 0. The number of aromatic nitrogens is 1. The molecule has 1 amide bonds. The van der Waals surface area contributed by atoms with Crippen LogP contribution < -0.4 is 10.1 Å². The Morgan fingerprint density at radius 3 is 2.78 bits per heavy atom. The third-order valence-corrected chi connectivity index (χ3v) is 9.73. The van der Waals surface area contributed by atoms with Crippen molar-refractivity contribution in [2.75, 3.05) is 13.1 Å². The zero-order valence-electron chi connectivity index (χ0n) is 19.7. The number of nitrogens with zero attached hydrogens (tertiary/aromatic N) is 2. The molecular weight excluding hydrogens is 569 g/mol. The molecule has 2 aliphatic heterocycles. The van der Waals surface area contributed by atoms with Gasteiger partial charge in [-0.2, -0.15) is 0 Å². The van der Waals surface area contributed by atoms with Crippen LogP contribution in [0.3, 0.4) is 0 Å². The second-order valence-corrected chi connectivity index (χ2v) is 11.6. The molecule has 2 bridgehead atoms. The number of carbonyl (C=O) groups is 1. The van der Waals surface area contributed by atoms with Crippen LogP contribution in [0.1, 0.15) is 53.6 Å². The molecule has 1 saturated heterocycles. The lowest BCUT2D eigenvalue weighted by Crippen LogP contribution is -2.78. The maximum atomic E-state index is 13.2. The molecular formula is C26H30BrCl2N3O4. The zero-order valence-corrected chi connectivity index (χ0v) is 22.9. The van der Waals surface area contributed by atoms with E-state index in [2.05, 4.69) is 31.1 Å². The molecule has 10 heteroatoms. The average Bonchev–Trinajstić information content (AvgIpc) is 3.56. The van der Waals surface area contributed by atoms with Gasteiger partial charge in [-0.1, -0.05) is 6.07 Å². The van der Waals surface area contributed by atoms with Crippen molar-refractivity contribution in [1.29, 1.82) is 0 Å². The van der Waals surface area contributed by atoms with E-state index in [1.165, 1.54) is 12.8 Å². The summed E-state index contributed by atoms with van der Waals surface area (Å²) in [6, 6.07) is 5.17. The van der Waals surface area contributed by atoms with Gasteiger partial charge < -0.3 is 20.3 Å². The molecule has 3 aliphatic carbocycles. The minimum atomic E-state index is -0.949. The number of phenolic OH excluding ortho intramolecular Hbond substituents is 1. The molecule has 1 aromatic heterocycles. The Morgan fingerprint density at radius 2 is 2.03 bits per heavy atom. The third-order valence-electron chi connectivity index (χ3n) is 9.10. The second kappa shape index (κ2) is 9.02. The van der Waals surface area contributed by atoms with Crippen molar-refractivity contribution < 1.29 is 19.7 Å². The first kappa shape index (κ1) is 26.0. The number of pyridine rings is 1. The molecule has 7 nitrogen and oxygen atoms in total. The van der Waals surface area contributed by atoms with Gasteiger partial charge in [0.25, 0.3) is 5.91 Å². The van der Waals surface area contributed by atoms with Gasteiger partial charge in [-0.05, 0) is 84.6 Å². The molecule has 7 rings (SSSR count). The van der Waals surface area contributed by atoms with Gasteiger partial charge in [0.05, 0.1) is 22.6 Å². The van der Waals surface area contributed by atoms with E-state index in [0.717, 1.165) is 43.0 Å². The number of hydrogen-bond donors (Lipinski definition) is 3. The highest BCUT2D eigenvalue weighted by Crippen LogP contribution is 2.65. The number of phenols is 1. The van der Waals surface area contributed by atoms with Gasteiger partial charge in [-0.25, -0.2) is 0 Å². The summed E-state index contributed by atoms with van der Waals surface area (Å²) in [5, 5.41) is 26.4. The minimum Gasteiger partial charge on any atom is -0.504 e. The molecule has 3 heterocycles. The largest absolute Gasteiger partial charge is 0.504 e. The van der Waals surface area contributed by atoms with Crippen LogP contribution >= 0.6 is 40.7 Å². The van der Waals surface area contributed by atoms with Crippen molar-refractivity contribution in [2.45, 2.75) is 67.7 Å². The first-order valence-electron chi connectivity index (χ1n) is 12.3. The van der Waals surface area contributed by atoms with Crippen LogP contribution in [0.25, 0.3) is 0 Å². The molecule has 5 atom stereocenters. The highest BCUT2D eigenvalue weighted by Gasteiger charge is 2.73. The van der Waals surface area contributed by atoms with Gasteiger partial charge in [0, 0.05) is 35.0 Å². The number of benzene rings is 1. The monoisotopic (exact) mass is 597 g/mol. The molecule has 3 N–H and O–H groups in total. The highest BCUT2D eigenvalue weighted by atomic mass is 79.9. The lowest BCUT2D eigenvalue weighted by atomic mass is 9.48. The van der Waals surface area contributed by atoms with Crippen LogP contribution in [0.5, 0.6) is 11.5 Å². The number of rotatable bonds is 4. The summed E-state index contributed by atoms with van der Waals surface area (Å²) in [6.07, 6.45) is 8.09. The lowest BCUT2D eigenvalue weighted by Gasteiger charge is -2.64. The Morgan fingerprint density at radius 1 is 1.22 bits per heavy atom. The molecule has 1 spiro atoms. The van der Waals surface area contributed by atoms with Crippen molar-refractivity contribution in [3.63, 3.8) is 0 Å². The van der Waals surface area contributed by atoms with Crippen molar-refractivity contribution >= 4 is 46.7 Å². The van der Waals surface area contributed by atoms with Crippen LogP contribution in [0.2, 0.25) is 0 Å². The summed E-state index contributed by atoms with van der Waals surface area (Å²) in [4.78, 5) is 19.8. The van der Waals surface area contributed by atoms with E-state index in [9.17, 15) is 15.0 Å². The maximum absolute atomic E-state index is 13.2.